The van der Waals surface area contributed by atoms with Crippen LogP contribution in [0.25, 0.3) is 0 Å². The van der Waals surface area contributed by atoms with E-state index >= 15 is 0 Å². The van der Waals surface area contributed by atoms with Gasteiger partial charge in [-0.2, -0.15) is 0 Å². The van der Waals surface area contributed by atoms with Crippen LogP contribution in [0.5, 0.6) is 5.75 Å². The fourth-order valence-corrected chi connectivity index (χ4v) is 2.15. The molecule has 1 aromatic carbocycles. The molecule has 3 heteroatoms. The van der Waals surface area contributed by atoms with Crippen molar-refractivity contribution < 1.29 is 9.13 Å². The lowest BCUT2D eigenvalue weighted by Gasteiger charge is -2.29. The summed E-state index contributed by atoms with van der Waals surface area (Å²) in [5.41, 5.74) is 0.541. The lowest BCUT2D eigenvalue weighted by molar-refractivity contribution is 0.384. The van der Waals surface area contributed by atoms with Crippen molar-refractivity contribution >= 4 is 0 Å². The number of ether oxygens (including phenoxy) is 1. The summed E-state index contributed by atoms with van der Waals surface area (Å²) < 4.78 is 19.0. The Hall–Kier alpha value is -1.09. The second kappa shape index (κ2) is 5.50. The quantitative estimate of drug-likeness (QED) is 0.852. The molecule has 0 bridgehead atoms. The molecule has 2 nitrogen and oxygen atoms in total. The highest BCUT2D eigenvalue weighted by atomic mass is 19.1. The Morgan fingerprint density at radius 3 is 2.53 bits per heavy atom. The highest BCUT2D eigenvalue weighted by Gasteiger charge is 2.26. The van der Waals surface area contributed by atoms with Gasteiger partial charge in [-0.25, -0.2) is 4.39 Å². The van der Waals surface area contributed by atoms with Gasteiger partial charge >= 0.3 is 0 Å². The maximum atomic E-state index is 14.0. The molecule has 1 aromatic rings. The zero-order valence-corrected chi connectivity index (χ0v) is 11.3. The van der Waals surface area contributed by atoms with Crippen LogP contribution in [0.15, 0.2) is 18.2 Å². The summed E-state index contributed by atoms with van der Waals surface area (Å²) in [4.78, 5) is 0. The first-order valence-electron chi connectivity index (χ1n) is 5.92. The van der Waals surface area contributed by atoms with Gasteiger partial charge < -0.3 is 10.1 Å². The number of benzene rings is 1. The second-order valence-corrected chi connectivity index (χ2v) is 5.12. The van der Waals surface area contributed by atoms with Gasteiger partial charge in [0, 0.05) is 12.1 Å². The van der Waals surface area contributed by atoms with Crippen LogP contribution in [0.3, 0.4) is 0 Å². The molecule has 0 aliphatic rings. The molecule has 1 atom stereocenters. The van der Waals surface area contributed by atoms with Crippen LogP contribution in [0.4, 0.5) is 4.39 Å². The summed E-state index contributed by atoms with van der Waals surface area (Å²) in [5.74, 6) is 0.362. The van der Waals surface area contributed by atoms with Gasteiger partial charge in [-0.1, -0.05) is 19.9 Å². The van der Waals surface area contributed by atoms with Crippen LogP contribution in [0, 0.1) is 5.82 Å². The van der Waals surface area contributed by atoms with Gasteiger partial charge in [0.1, 0.15) is 11.6 Å². The predicted molar refractivity (Wildman–Crippen MR) is 69.1 cm³/mol. The topological polar surface area (TPSA) is 21.3 Å². The van der Waals surface area contributed by atoms with E-state index in [1.54, 1.807) is 7.11 Å². The zero-order chi connectivity index (χ0) is 13.1. The molecule has 1 unspecified atom stereocenters. The van der Waals surface area contributed by atoms with Crippen molar-refractivity contribution in [3.8, 4) is 5.75 Å². The number of methoxy groups -OCH3 is 1. The van der Waals surface area contributed by atoms with Gasteiger partial charge in [-0.3, -0.25) is 0 Å². The minimum absolute atomic E-state index is 0.196. The normalized spacial score (nSPS) is 13.5. The van der Waals surface area contributed by atoms with E-state index in [-0.39, 0.29) is 11.2 Å². The Kier molecular flexibility index (Phi) is 4.52. The monoisotopic (exact) mass is 239 g/mol. The van der Waals surface area contributed by atoms with Gasteiger partial charge in [0.05, 0.1) is 7.11 Å². The van der Waals surface area contributed by atoms with Gasteiger partial charge in [0.25, 0.3) is 0 Å². The third kappa shape index (κ3) is 3.43. The molecule has 96 valence electrons. The molecule has 0 spiro atoms. The first kappa shape index (κ1) is 14.0. The SMILES string of the molecule is CNC(C)CC(C)(C)c1ccc(OC)cc1F. The Bertz CT molecular complexity index is 376. The van der Waals surface area contributed by atoms with Crippen molar-refractivity contribution in [1.82, 2.24) is 5.32 Å². The number of halogens is 1. The van der Waals surface area contributed by atoms with Crippen molar-refractivity contribution in [3.05, 3.63) is 29.6 Å². The Morgan fingerprint density at radius 1 is 1.41 bits per heavy atom. The summed E-state index contributed by atoms with van der Waals surface area (Å²) in [6, 6.07) is 5.42. The van der Waals surface area contributed by atoms with Gasteiger partial charge in [-0.05, 0) is 37.4 Å². The molecule has 0 saturated carbocycles. The third-order valence-corrected chi connectivity index (χ3v) is 3.21. The number of rotatable bonds is 5. The van der Waals surface area contributed by atoms with Crippen molar-refractivity contribution in [2.45, 2.75) is 38.6 Å². The van der Waals surface area contributed by atoms with E-state index in [9.17, 15) is 4.39 Å². The van der Waals surface area contributed by atoms with Crippen molar-refractivity contribution in [2.24, 2.45) is 0 Å². The first-order chi connectivity index (χ1) is 7.90. The molecule has 0 aliphatic heterocycles. The average Bonchev–Trinajstić information content (AvgIpc) is 2.27. The molecule has 0 fully saturated rings. The van der Waals surface area contributed by atoms with Gasteiger partial charge in [0.2, 0.25) is 0 Å². The van der Waals surface area contributed by atoms with Crippen LogP contribution in [0.1, 0.15) is 32.8 Å². The highest BCUT2D eigenvalue weighted by Crippen LogP contribution is 2.32. The largest absolute Gasteiger partial charge is 0.497 e. The fraction of sp³-hybridized carbons (Fsp3) is 0.571. The summed E-state index contributed by atoms with van der Waals surface area (Å²) in [6.07, 6.45) is 0.882. The fourth-order valence-electron chi connectivity index (χ4n) is 2.15. The molecule has 0 amide bonds. The van der Waals surface area contributed by atoms with E-state index in [1.165, 1.54) is 6.07 Å². The average molecular weight is 239 g/mol. The molecule has 1 N–H and O–H groups in total. The number of hydrogen-bond donors (Lipinski definition) is 1. The van der Waals surface area contributed by atoms with Gasteiger partial charge in [0.15, 0.2) is 0 Å². The summed E-state index contributed by atoms with van der Waals surface area (Å²) in [5, 5.41) is 3.19. The van der Waals surface area contributed by atoms with E-state index in [0.29, 0.717) is 11.8 Å². The lowest BCUT2D eigenvalue weighted by atomic mass is 9.79. The van der Waals surface area contributed by atoms with Crippen LogP contribution in [-0.4, -0.2) is 20.2 Å². The van der Waals surface area contributed by atoms with E-state index in [1.807, 2.05) is 19.2 Å². The molecule has 1 rings (SSSR count). The molecular weight excluding hydrogens is 217 g/mol. The minimum Gasteiger partial charge on any atom is -0.497 e. The minimum atomic E-state index is -0.197. The lowest BCUT2D eigenvalue weighted by Crippen LogP contribution is -2.31. The third-order valence-electron chi connectivity index (χ3n) is 3.21. The summed E-state index contributed by atoms with van der Waals surface area (Å²) in [7, 11) is 3.47. The Labute approximate surface area is 103 Å². The first-order valence-corrected chi connectivity index (χ1v) is 5.92. The molecule has 0 heterocycles. The highest BCUT2D eigenvalue weighted by molar-refractivity contribution is 5.33. The maximum Gasteiger partial charge on any atom is 0.130 e. The van der Waals surface area contributed by atoms with Crippen molar-refractivity contribution in [1.29, 1.82) is 0 Å². The molecule has 17 heavy (non-hydrogen) atoms. The zero-order valence-electron chi connectivity index (χ0n) is 11.3. The van der Waals surface area contributed by atoms with Crippen molar-refractivity contribution in [2.75, 3.05) is 14.2 Å². The predicted octanol–water partition coefficient (Wildman–Crippen LogP) is 3.11. The van der Waals surface area contributed by atoms with E-state index in [4.69, 9.17) is 4.74 Å². The van der Waals surface area contributed by atoms with Crippen molar-refractivity contribution in [3.63, 3.8) is 0 Å². The Balaban J connectivity index is 2.98. The van der Waals surface area contributed by atoms with Crippen LogP contribution in [-0.2, 0) is 5.41 Å². The van der Waals surface area contributed by atoms with E-state index in [2.05, 4.69) is 26.1 Å². The number of hydrogen-bond acceptors (Lipinski definition) is 2. The van der Waals surface area contributed by atoms with Gasteiger partial charge in [-0.15, -0.1) is 0 Å². The Morgan fingerprint density at radius 2 is 2.06 bits per heavy atom. The maximum absolute atomic E-state index is 14.0. The number of nitrogens with one attached hydrogen (secondary N) is 1. The van der Waals surface area contributed by atoms with E-state index in [0.717, 1.165) is 12.0 Å². The summed E-state index contributed by atoms with van der Waals surface area (Å²) >= 11 is 0. The standard InChI is InChI=1S/C14H22FNO/c1-10(16-4)9-14(2,3)12-7-6-11(17-5)8-13(12)15/h6-8,10,16H,9H2,1-5H3. The summed E-state index contributed by atoms with van der Waals surface area (Å²) in [6.45, 7) is 6.22. The molecule has 0 aliphatic carbocycles. The molecule has 0 saturated heterocycles. The van der Waals surface area contributed by atoms with E-state index < -0.39 is 0 Å². The smallest absolute Gasteiger partial charge is 0.130 e. The van der Waals surface area contributed by atoms with Crippen LogP contribution in [0.2, 0.25) is 0 Å². The molecule has 0 aromatic heterocycles. The van der Waals surface area contributed by atoms with Crippen LogP contribution >= 0.6 is 0 Å². The second-order valence-electron chi connectivity index (χ2n) is 5.12. The molecular formula is C14H22FNO. The molecule has 0 radical (unpaired) electrons. The van der Waals surface area contributed by atoms with Crippen LogP contribution < -0.4 is 10.1 Å².